The quantitative estimate of drug-likeness (QED) is 0.843. The third-order valence-electron chi connectivity index (χ3n) is 4.84. The molecule has 1 saturated carbocycles. The first kappa shape index (κ1) is 13.5. The van der Waals surface area contributed by atoms with Gasteiger partial charge in [-0.15, -0.1) is 0 Å². The second-order valence-corrected chi connectivity index (χ2v) is 5.95. The van der Waals surface area contributed by atoms with Crippen molar-refractivity contribution < 1.29 is 9.53 Å². The van der Waals surface area contributed by atoms with E-state index in [4.69, 9.17) is 4.74 Å². The number of carbonyl (C=O) groups is 1. The summed E-state index contributed by atoms with van der Waals surface area (Å²) < 4.78 is 5.34. The second kappa shape index (κ2) is 5.86. The summed E-state index contributed by atoms with van der Waals surface area (Å²) in [5.41, 5.74) is 0.708. The minimum Gasteiger partial charge on any atom is -0.496 e. The highest BCUT2D eigenvalue weighted by atomic mass is 16.5. The zero-order valence-electron chi connectivity index (χ0n) is 12.2. The highest BCUT2D eigenvalue weighted by Crippen LogP contribution is 2.36. The molecule has 3 heteroatoms. The van der Waals surface area contributed by atoms with E-state index in [0.717, 1.165) is 18.9 Å². The first-order valence-electron chi connectivity index (χ1n) is 7.75. The number of benzene rings is 1. The van der Waals surface area contributed by atoms with Crippen LogP contribution in [0.3, 0.4) is 0 Å². The lowest BCUT2D eigenvalue weighted by atomic mass is 9.95. The lowest BCUT2D eigenvalue weighted by Crippen LogP contribution is -2.39. The highest BCUT2D eigenvalue weighted by Gasteiger charge is 2.36. The molecule has 1 saturated heterocycles. The van der Waals surface area contributed by atoms with Crippen LogP contribution < -0.4 is 4.74 Å². The van der Waals surface area contributed by atoms with Crippen molar-refractivity contribution in [3.8, 4) is 5.75 Å². The van der Waals surface area contributed by atoms with E-state index in [9.17, 15) is 4.79 Å². The van der Waals surface area contributed by atoms with E-state index in [2.05, 4.69) is 4.90 Å². The van der Waals surface area contributed by atoms with Crippen LogP contribution in [0.5, 0.6) is 5.75 Å². The van der Waals surface area contributed by atoms with Crippen LogP contribution >= 0.6 is 0 Å². The van der Waals surface area contributed by atoms with E-state index in [1.807, 2.05) is 24.3 Å². The van der Waals surface area contributed by atoms with Crippen LogP contribution in [0.4, 0.5) is 0 Å². The minimum atomic E-state index is 0.150. The average molecular weight is 273 g/mol. The van der Waals surface area contributed by atoms with Gasteiger partial charge in [0.15, 0.2) is 0 Å². The fourth-order valence-electron chi connectivity index (χ4n) is 3.85. The lowest BCUT2D eigenvalue weighted by Gasteiger charge is -2.30. The van der Waals surface area contributed by atoms with Gasteiger partial charge < -0.3 is 9.64 Å². The number of amides is 1. The number of hydrogen-bond donors (Lipinski definition) is 0. The Balaban J connectivity index is 1.81. The van der Waals surface area contributed by atoms with Crippen LogP contribution in [0, 0.1) is 5.92 Å². The molecule has 2 fully saturated rings. The van der Waals surface area contributed by atoms with Gasteiger partial charge >= 0.3 is 0 Å². The number of nitrogens with zero attached hydrogens (tertiary/aromatic N) is 1. The third kappa shape index (κ3) is 2.41. The Bertz CT molecular complexity index is 480. The van der Waals surface area contributed by atoms with E-state index < -0.39 is 0 Å². The maximum atomic E-state index is 12.8. The summed E-state index contributed by atoms with van der Waals surface area (Å²) in [5.74, 6) is 1.56. The molecule has 2 aliphatic rings. The normalized spacial score (nSPS) is 23.2. The Morgan fingerprint density at radius 2 is 1.90 bits per heavy atom. The fraction of sp³-hybridized carbons (Fsp3) is 0.588. The van der Waals surface area contributed by atoms with Crippen LogP contribution in [0.15, 0.2) is 24.3 Å². The van der Waals surface area contributed by atoms with Crippen LogP contribution in [0.1, 0.15) is 48.9 Å². The number of methoxy groups -OCH3 is 1. The Hall–Kier alpha value is -1.51. The molecule has 108 valence electrons. The van der Waals surface area contributed by atoms with Gasteiger partial charge in [-0.2, -0.15) is 0 Å². The first-order chi connectivity index (χ1) is 9.81. The van der Waals surface area contributed by atoms with Crippen LogP contribution in [-0.2, 0) is 0 Å². The maximum absolute atomic E-state index is 12.8. The van der Waals surface area contributed by atoms with Crippen LogP contribution in [-0.4, -0.2) is 30.5 Å². The molecule has 20 heavy (non-hydrogen) atoms. The van der Waals surface area contributed by atoms with Gasteiger partial charge in [-0.3, -0.25) is 4.79 Å². The topological polar surface area (TPSA) is 29.5 Å². The Kier molecular flexibility index (Phi) is 3.95. The average Bonchev–Trinajstić information content (AvgIpc) is 3.16. The predicted octanol–water partition coefficient (Wildman–Crippen LogP) is 3.49. The molecule has 0 bridgehead atoms. The molecule has 1 aliphatic heterocycles. The molecule has 1 aliphatic carbocycles. The van der Waals surface area contributed by atoms with Crippen molar-refractivity contribution in [3.63, 3.8) is 0 Å². The van der Waals surface area contributed by atoms with E-state index in [-0.39, 0.29) is 5.91 Å². The minimum absolute atomic E-state index is 0.150. The summed E-state index contributed by atoms with van der Waals surface area (Å²) in [5, 5.41) is 0. The predicted molar refractivity (Wildman–Crippen MR) is 79.0 cm³/mol. The standard InChI is InChI=1S/C17H23NO2/c1-20-16-11-5-4-9-14(16)17(19)18-12-6-10-15(18)13-7-2-3-8-13/h4-5,9,11,13,15H,2-3,6-8,10,12H2,1H3. The molecule has 0 radical (unpaired) electrons. The van der Waals surface area contributed by atoms with Crippen molar-refractivity contribution in [1.82, 2.24) is 4.90 Å². The monoisotopic (exact) mass is 273 g/mol. The maximum Gasteiger partial charge on any atom is 0.257 e. The third-order valence-corrected chi connectivity index (χ3v) is 4.84. The van der Waals surface area contributed by atoms with Crippen LogP contribution in [0.25, 0.3) is 0 Å². The number of rotatable bonds is 3. The summed E-state index contributed by atoms with van der Waals surface area (Å²) in [6, 6.07) is 8.03. The molecule has 1 aromatic rings. The van der Waals surface area contributed by atoms with Crippen LogP contribution in [0.2, 0.25) is 0 Å². The van der Waals surface area contributed by atoms with Crippen molar-refractivity contribution >= 4 is 5.91 Å². The molecular formula is C17H23NO2. The first-order valence-corrected chi connectivity index (χ1v) is 7.75. The smallest absolute Gasteiger partial charge is 0.257 e. The SMILES string of the molecule is COc1ccccc1C(=O)N1CCCC1C1CCCC1. The molecule has 1 aromatic carbocycles. The van der Waals surface area contributed by atoms with Gasteiger partial charge in [-0.1, -0.05) is 25.0 Å². The second-order valence-electron chi connectivity index (χ2n) is 5.95. The van der Waals surface area contributed by atoms with Crippen molar-refractivity contribution in [2.75, 3.05) is 13.7 Å². The molecule has 0 aromatic heterocycles. The summed E-state index contributed by atoms with van der Waals surface area (Å²) in [6.45, 7) is 0.901. The lowest BCUT2D eigenvalue weighted by molar-refractivity contribution is 0.0685. The molecule has 3 nitrogen and oxygen atoms in total. The molecule has 0 N–H and O–H groups in total. The van der Waals surface area contributed by atoms with Gasteiger partial charge in [0.1, 0.15) is 5.75 Å². The number of para-hydroxylation sites is 1. The van der Waals surface area contributed by atoms with Crippen molar-refractivity contribution in [3.05, 3.63) is 29.8 Å². The van der Waals surface area contributed by atoms with Crippen molar-refractivity contribution in [1.29, 1.82) is 0 Å². The fourth-order valence-corrected chi connectivity index (χ4v) is 3.85. The van der Waals surface area contributed by atoms with Crippen molar-refractivity contribution in [2.24, 2.45) is 5.92 Å². The highest BCUT2D eigenvalue weighted by molar-refractivity contribution is 5.97. The number of ether oxygens (including phenoxy) is 1. The van der Waals surface area contributed by atoms with Gasteiger partial charge in [0.2, 0.25) is 0 Å². The van der Waals surface area contributed by atoms with Gasteiger partial charge in [-0.05, 0) is 43.7 Å². The number of likely N-dealkylation sites (tertiary alicyclic amines) is 1. The zero-order chi connectivity index (χ0) is 13.9. The Labute approximate surface area is 120 Å². The number of carbonyl (C=O) groups excluding carboxylic acids is 1. The van der Waals surface area contributed by atoms with Gasteiger partial charge in [0.05, 0.1) is 12.7 Å². The summed E-state index contributed by atoms with van der Waals surface area (Å²) in [6.07, 6.45) is 7.56. The Morgan fingerprint density at radius 3 is 2.65 bits per heavy atom. The molecule has 1 unspecified atom stereocenters. The van der Waals surface area contributed by atoms with Gasteiger partial charge in [0.25, 0.3) is 5.91 Å². The molecule has 1 heterocycles. The molecule has 3 rings (SSSR count). The van der Waals surface area contributed by atoms with Gasteiger partial charge in [0, 0.05) is 12.6 Å². The Morgan fingerprint density at radius 1 is 1.15 bits per heavy atom. The molecule has 0 spiro atoms. The largest absolute Gasteiger partial charge is 0.496 e. The van der Waals surface area contributed by atoms with E-state index in [1.54, 1.807) is 7.11 Å². The van der Waals surface area contributed by atoms with E-state index in [1.165, 1.54) is 32.1 Å². The van der Waals surface area contributed by atoms with Gasteiger partial charge in [-0.25, -0.2) is 0 Å². The summed E-state index contributed by atoms with van der Waals surface area (Å²) >= 11 is 0. The molecule has 1 atom stereocenters. The van der Waals surface area contributed by atoms with E-state index >= 15 is 0 Å². The molecular weight excluding hydrogens is 250 g/mol. The molecule has 1 amide bonds. The zero-order valence-corrected chi connectivity index (χ0v) is 12.2. The van der Waals surface area contributed by atoms with E-state index in [0.29, 0.717) is 17.4 Å². The summed E-state index contributed by atoms with van der Waals surface area (Å²) in [4.78, 5) is 14.9. The number of hydrogen-bond acceptors (Lipinski definition) is 2. The van der Waals surface area contributed by atoms with Crippen molar-refractivity contribution in [2.45, 2.75) is 44.6 Å². The summed E-state index contributed by atoms with van der Waals surface area (Å²) in [7, 11) is 1.63.